The second kappa shape index (κ2) is 8.98. The molecule has 0 radical (unpaired) electrons. The average molecular weight is 346 g/mol. The molecule has 2 rings (SSSR count). The number of thiocarbonyl (C=S) groups is 1. The van der Waals surface area contributed by atoms with Crippen LogP contribution in [0.2, 0.25) is 0 Å². The summed E-state index contributed by atoms with van der Waals surface area (Å²) in [5, 5.41) is 6.86. The third-order valence-corrected chi connectivity index (χ3v) is 3.58. The predicted octanol–water partition coefficient (Wildman–Crippen LogP) is 3.59. The molecule has 24 heavy (non-hydrogen) atoms. The fraction of sp³-hybridized carbons (Fsp3) is 0.278. The van der Waals surface area contributed by atoms with Crippen LogP contribution in [0, 0.1) is 0 Å². The second-order valence-corrected chi connectivity index (χ2v) is 5.33. The van der Waals surface area contributed by atoms with Gasteiger partial charge >= 0.3 is 0 Å². The van der Waals surface area contributed by atoms with Gasteiger partial charge in [0.25, 0.3) is 0 Å². The van der Waals surface area contributed by atoms with E-state index in [1.807, 2.05) is 49.4 Å². The zero-order valence-electron chi connectivity index (χ0n) is 14.1. The zero-order chi connectivity index (χ0) is 17.4. The molecule has 5 nitrogen and oxygen atoms in total. The molecule has 0 heterocycles. The van der Waals surface area contributed by atoms with Crippen molar-refractivity contribution in [3.8, 4) is 17.2 Å². The smallest absolute Gasteiger partial charge is 0.171 e. The van der Waals surface area contributed by atoms with Crippen molar-refractivity contribution in [1.82, 2.24) is 5.32 Å². The van der Waals surface area contributed by atoms with Gasteiger partial charge < -0.3 is 24.8 Å². The highest BCUT2D eigenvalue weighted by atomic mass is 32.1. The Morgan fingerprint density at radius 1 is 1.00 bits per heavy atom. The van der Waals surface area contributed by atoms with E-state index in [1.165, 1.54) is 0 Å². The van der Waals surface area contributed by atoms with E-state index in [2.05, 4.69) is 10.6 Å². The molecule has 2 aromatic carbocycles. The van der Waals surface area contributed by atoms with Crippen molar-refractivity contribution in [3.05, 3.63) is 48.0 Å². The van der Waals surface area contributed by atoms with Gasteiger partial charge in [0.05, 0.1) is 26.5 Å². The van der Waals surface area contributed by atoms with E-state index in [4.69, 9.17) is 26.4 Å². The fourth-order valence-electron chi connectivity index (χ4n) is 2.19. The lowest BCUT2D eigenvalue weighted by Gasteiger charge is -2.15. The van der Waals surface area contributed by atoms with E-state index in [1.54, 1.807) is 14.2 Å². The van der Waals surface area contributed by atoms with E-state index in [0.717, 1.165) is 17.0 Å². The highest BCUT2D eigenvalue weighted by molar-refractivity contribution is 7.80. The zero-order valence-corrected chi connectivity index (χ0v) is 14.9. The number of hydrogen-bond acceptors (Lipinski definition) is 4. The van der Waals surface area contributed by atoms with Gasteiger partial charge in [0.2, 0.25) is 0 Å². The molecule has 0 saturated carbocycles. The van der Waals surface area contributed by atoms with Gasteiger partial charge in [-0.15, -0.1) is 0 Å². The second-order valence-electron chi connectivity index (χ2n) is 4.93. The standard InChI is InChI=1S/C18H22N2O3S/c1-4-23-15-8-6-5-7-14(15)20-18(24)19-12-13-9-10-16(21-2)17(11-13)22-3/h5-11H,4,12H2,1-3H3,(H2,19,20,24). The number of para-hydroxylation sites is 2. The molecule has 0 amide bonds. The molecule has 0 atom stereocenters. The molecule has 2 N–H and O–H groups in total. The summed E-state index contributed by atoms with van der Waals surface area (Å²) in [6.45, 7) is 3.12. The molecule has 0 saturated heterocycles. The fourth-order valence-corrected chi connectivity index (χ4v) is 2.37. The maximum Gasteiger partial charge on any atom is 0.171 e. The molecular weight excluding hydrogens is 324 g/mol. The van der Waals surface area contributed by atoms with Crippen LogP contribution in [0.15, 0.2) is 42.5 Å². The van der Waals surface area contributed by atoms with Crippen LogP contribution in [0.5, 0.6) is 17.2 Å². The summed E-state index contributed by atoms with van der Waals surface area (Å²) in [7, 11) is 3.23. The first-order chi connectivity index (χ1) is 11.7. The van der Waals surface area contributed by atoms with Gasteiger partial charge in [0.15, 0.2) is 16.6 Å². The van der Waals surface area contributed by atoms with Gasteiger partial charge in [-0.3, -0.25) is 0 Å². The van der Waals surface area contributed by atoms with Crippen LogP contribution < -0.4 is 24.8 Å². The van der Waals surface area contributed by atoms with E-state index in [-0.39, 0.29) is 0 Å². The number of anilines is 1. The lowest BCUT2D eigenvalue weighted by molar-refractivity contribution is 0.342. The molecule has 0 spiro atoms. The number of benzene rings is 2. The molecule has 0 aliphatic rings. The Labute approximate surface area is 147 Å². The Balaban J connectivity index is 1.96. The first-order valence-electron chi connectivity index (χ1n) is 7.65. The molecule has 128 valence electrons. The van der Waals surface area contributed by atoms with Gasteiger partial charge in [0, 0.05) is 6.54 Å². The molecule has 2 aromatic rings. The van der Waals surface area contributed by atoms with Gasteiger partial charge in [-0.2, -0.15) is 0 Å². The SMILES string of the molecule is CCOc1ccccc1NC(=S)NCc1ccc(OC)c(OC)c1. The van der Waals surface area contributed by atoms with Crippen LogP contribution in [0.25, 0.3) is 0 Å². The van der Waals surface area contributed by atoms with Crippen LogP contribution in [0.4, 0.5) is 5.69 Å². The Hall–Kier alpha value is -2.47. The van der Waals surface area contributed by atoms with Crippen molar-refractivity contribution in [2.75, 3.05) is 26.1 Å². The summed E-state index contributed by atoms with van der Waals surface area (Å²) in [4.78, 5) is 0. The largest absolute Gasteiger partial charge is 0.493 e. The van der Waals surface area contributed by atoms with E-state index >= 15 is 0 Å². The lowest BCUT2D eigenvalue weighted by Crippen LogP contribution is -2.28. The molecule has 0 unspecified atom stereocenters. The highest BCUT2D eigenvalue weighted by Crippen LogP contribution is 2.27. The van der Waals surface area contributed by atoms with Gasteiger partial charge in [-0.25, -0.2) is 0 Å². The van der Waals surface area contributed by atoms with Crippen molar-refractivity contribution >= 4 is 23.0 Å². The van der Waals surface area contributed by atoms with Crippen LogP contribution in [0.1, 0.15) is 12.5 Å². The Bertz CT molecular complexity index is 692. The quantitative estimate of drug-likeness (QED) is 0.747. The van der Waals surface area contributed by atoms with Crippen molar-refractivity contribution in [2.24, 2.45) is 0 Å². The minimum atomic E-state index is 0.525. The molecule has 6 heteroatoms. The first-order valence-corrected chi connectivity index (χ1v) is 8.06. The third kappa shape index (κ3) is 4.76. The van der Waals surface area contributed by atoms with Crippen molar-refractivity contribution in [2.45, 2.75) is 13.5 Å². The molecule has 0 aliphatic heterocycles. The van der Waals surface area contributed by atoms with E-state index in [0.29, 0.717) is 29.8 Å². The van der Waals surface area contributed by atoms with E-state index in [9.17, 15) is 0 Å². The maximum atomic E-state index is 5.58. The summed E-state index contributed by atoms with van der Waals surface area (Å²) in [6, 6.07) is 13.4. The van der Waals surface area contributed by atoms with Crippen LogP contribution in [-0.4, -0.2) is 25.9 Å². The maximum absolute atomic E-state index is 5.58. The Morgan fingerprint density at radius 3 is 2.46 bits per heavy atom. The number of methoxy groups -OCH3 is 2. The summed E-state index contributed by atoms with van der Waals surface area (Å²) in [5.74, 6) is 2.17. The van der Waals surface area contributed by atoms with Crippen LogP contribution >= 0.6 is 12.2 Å². The lowest BCUT2D eigenvalue weighted by atomic mass is 10.2. The summed E-state index contributed by atoms with van der Waals surface area (Å²) < 4.78 is 16.1. The van der Waals surface area contributed by atoms with Gasteiger partial charge in [0.1, 0.15) is 5.75 Å². The predicted molar refractivity (Wildman–Crippen MR) is 100 cm³/mol. The average Bonchev–Trinajstić information content (AvgIpc) is 2.61. The Morgan fingerprint density at radius 2 is 1.75 bits per heavy atom. The molecular formula is C18H22N2O3S. The first kappa shape index (κ1) is 17.9. The Kier molecular flexibility index (Phi) is 6.69. The van der Waals surface area contributed by atoms with Crippen LogP contribution in [-0.2, 0) is 6.54 Å². The molecule has 0 aliphatic carbocycles. The van der Waals surface area contributed by atoms with Crippen LogP contribution in [0.3, 0.4) is 0 Å². The van der Waals surface area contributed by atoms with Crippen molar-refractivity contribution < 1.29 is 14.2 Å². The summed E-state index contributed by atoms with van der Waals surface area (Å²) in [5.41, 5.74) is 1.87. The van der Waals surface area contributed by atoms with Crippen molar-refractivity contribution in [3.63, 3.8) is 0 Å². The number of rotatable bonds is 7. The minimum Gasteiger partial charge on any atom is -0.493 e. The van der Waals surface area contributed by atoms with Gasteiger partial charge in [-0.05, 0) is 49.0 Å². The van der Waals surface area contributed by atoms with Gasteiger partial charge in [-0.1, -0.05) is 18.2 Å². The molecule has 0 aromatic heterocycles. The monoisotopic (exact) mass is 346 g/mol. The van der Waals surface area contributed by atoms with E-state index < -0.39 is 0 Å². The topological polar surface area (TPSA) is 51.8 Å². The minimum absolute atomic E-state index is 0.525. The molecule has 0 fully saturated rings. The number of ether oxygens (including phenoxy) is 3. The highest BCUT2D eigenvalue weighted by Gasteiger charge is 2.07. The normalized spacial score (nSPS) is 9.96. The summed E-state index contributed by atoms with van der Waals surface area (Å²) in [6.07, 6.45) is 0. The number of nitrogens with one attached hydrogen (secondary N) is 2. The third-order valence-electron chi connectivity index (χ3n) is 3.34. The number of hydrogen-bond donors (Lipinski definition) is 2. The molecule has 0 bridgehead atoms. The summed E-state index contributed by atoms with van der Waals surface area (Å²) >= 11 is 5.36. The van der Waals surface area contributed by atoms with Crippen molar-refractivity contribution in [1.29, 1.82) is 0 Å².